The largest absolute Gasteiger partial charge is 0.345 e. The minimum atomic E-state index is -0.518. The lowest BCUT2D eigenvalue weighted by Crippen LogP contribution is -2.49. The minimum absolute atomic E-state index is 0.0428. The lowest BCUT2D eigenvalue weighted by molar-refractivity contribution is -0.126. The first kappa shape index (κ1) is 16.4. The summed E-state index contributed by atoms with van der Waals surface area (Å²) in [7, 11) is 0. The molecular weight excluding hydrogens is 304 g/mol. The number of fused-ring (bicyclic) bond motifs is 1. The van der Waals surface area contributed by atoms with E-state index < -0.39 is 12.0 Å². The van der Waals surface area contributed by atoms with E-state index in [1.165, 1.54) is 0 Å². The highest BCUT2D eigenvalue weighted by Crippen LogP contribution is 2.40. The number of nitrogens with one attached hydrogen (secondary N) is 2. The molecule has 0 radical (unpaired) electrons. The van der Waals surface area contributed by atoms with Crippen molar-refractivity contribution < 1.29 is 14.4 Å². The minimum Gasteiger partial charge on any atom is -0.345 e. The third-order valence-corrected chi connectivity index (χ3v) is 5.09. The van der Waals surface area contributed by atoms with Gasteiger partial charge in [-0.3, -0.25) is 19.7 Å². The summed E-state index contributed by atoms with van der Waals surface area (Å²) >= 11 is 0. The monoisotopic (exact) mass is 326 g/mol. The van der Waals surface area contributed by atoms with Gasteiger partial charge in [-0.2, -0.15) is 0 Å². The summed E-state index contributed by atoms with van der Waals surface area (Å²) in [5, 5.41) is 5.43. The molecule has 3 rings (SSSR count). The molecule has 5 heteroatoms. The molecule has 5 nitrogen and oxygen atoms in total. The number of imide groups is 1. The fourth-order valence-electron chi connectivity index (χ4n) is 3.85. The van der Waals surface area contributed by atoms with Crippen LogP contribution in [0.4, 0.5) is 0 Å². The van der Waals surface area contributed by atoms with Crippen molar-refractivity contribution in [3.05, 3.63) is 47.5 Å². The molecule has 0 spiro atoms. The van der Waals surface area contributed by atoms with Crippen LogP contribution in [0.15, 0.2) is 42.0 Å². The van der Waals surface area contributed by atoms with Crippen LogP contribution in [0.5, 0.6) is 0 Å². The van der Waals surface area contributed by atoms with Crippen LogP contribution >= 0.6 is 0 Å². The number of carbonyl (C=O) groups excluding carboxylic acids is 3. The van der Waals surface area contributed by atoms with Gasteiger partial charge >= 0.3 is 0 Å². The Kier molecular flexibility index (Phi) is 4.51. The summed E-state index contributed by atoms with van der Waals surface area (Å²) in [6, 6.07) is 8.49. The SMILES string of the molecule is CCC1=C[C@H](CC)[C@@H]2C(=O)NC(=O)[C@@H]2[C@@H]1NC(=O)c1ccccc1. The summed E-state index contributed by atoms with van der Waals surface area (Å²) in [6.07, 6.45) is 3.61. The van der Waals surface area contributed by atoms with Crippen LogP contribution in [0.25, 0.3) is 0 Å². The number of hydrogen-bond donors (Lipinski definition) is 2. The molecular formula is C19H22N2O3. The second kappa shape index (κ2) is 6.59. The zero-order chi connectivity index (χ0) is 17.3. The van der Waals surface area contributed by atoms with E-state index in [2.05, 4.69) is 16.7 Å². The number of allylic oxidation sites excluding steroid dienone is 1. The van der Waals surface area contributed by atoms with Gasteiger partial charge in [0.15, 0.2) is 0 Å². The van der Waals surface area contributed by atoms with Crippen LogP contribution in [0, 0.1) is 17.8 Å². The summed E-state index contributed by atoms with van der Waals surface area (Å²) in [5.74, 6) is -1.58. The second-order valence-corrected chi connectivity index (χ2v) is 6.39. The molecule has 126 valence electrons. The lowest BCUT2D eigenvalue weighted by atomic mass is 9.70. The van der Waals surface area contributed by atoms with Crippen LogP contribution in [-0.4, -0.2) is 23.8 Å². The first-order valence-electron chi connectivity index (χ1n) is 8.48. The van der Waals surface area contributed by atoms with E-state index in [1.54, 1.807) is 24.3 Å². The molecule has 1 saturated heterocycles. The van der Waals surface area contributed by atoms with Gasteiger partial charge in [-0.1, -0.05) is 43.7 Å². The Morgan fingerprint density at radius 1 is 1.08 bits per heavy atom. The number of carbonyl (C=O) groups is 3. The van der Waals surface area contributed by atoms with Crippen molar-refractivity contribution in [2.45, 2.75) is 32.7 Å². The van der Waals surface area contributed by atoms with Gasteiger partial charge < -0.3 is 5.32 Å². The van der Waals surface area contributed by atoms with E-state index in [-0.39, 0.29) is 29.6 Å². The van der Waals surface area contributed by atoms with Crippen molar-refractivity contribution in [2.75, 3.05) is 0 Å². The van der Waals surface area contributed by atoms with Crippen LogP contribution in [0.2, 0.25) is 0 Å². The van der Waals surface area contributed by atoms with Crippen LogP contribution in [0.3, 0.4) is 0 Å². The van der Waals surface area contributed by atoms with Crippen molar-refractivity contribution in [1.82, 2.24) is 10.6 Å². The highest BCUT2D eigenvalue weighted by molar-refractivity contribution is 6.06. The third kappa shape index (κ3) is 2.75. The molecule has 1 aliphatic carbocycles. The first-order valence-corrected chi connectivity index (χ1v) is 8.48. The number of rotatable bonds is 4. The molecule has 24 heavy (non-hydrogen) atoms. The molecule has 1 aromatic rings. The Labute approximate surface area is 141 Å². The molecule has 4 atom stereocenters. The third-order valence-electron chi connectivity index (χ3n) is 5.09. The highest BCUT2D eigenvalue weighted by Gasteiger charge is 2.52. The number of amides is 3. The summed E-state index contributed by atoms with van der Waals surface area (Å²) in [4.78, 5) is 37.1. The molecule has 0 saturated carbocycles. The van der Waals surface area contributed by atoms with Gasteiger partial charge in [0.25, 0.3) is 5.91 Å². The summed E-state index contributed by atoms with van der Waals surface area (Å²) in [5.41, 5.74) is 1.57. The first-order chi connectivity index (χ1) is 11.6. The average molecular weight is 326 g/mol. The van der Waals surface area contributed by atoms with Crippen molar-refractivity contribution in [3.8, 4) is 0 Å². The normalized spacial score (nSPS) is 28.8. The van der Waals surface area contributed by atoms with E-state index >= 15 is 0 Å². The lowest BCUT2D eigenvalue weighted by Gasteiger charge is -2.36. The maximum atomic E-state index is 12.5. The van der Waals surface area contributed by atoms with Crippen LogP contribution in [0.1, 0.15) is 37.0 Å². The Bertz CT molecular complexity index is 696. The Morgan fingerprint density at radius 2 is 1.75 bits per heavy atom. The smallest absolute Gasteiger partial charge is 0.251 e. The number of hydrogen-bond acceptors (Lipinski definition) is 3. The predicted octanol–water partition coefficient (Wildman–Crippen LogP) is 2.05. The standard InChI is InChI=1S/C19H22N2O3/c1-3-11-10-12(4-2)16(15-14(11)18(23)21-19(15)24)20-17(22)13-8-6-5-7-9-13/h5-11,14-16H,3-4H2,1-2H3,(H,20,22)(H,21,23,24)/t11-,14-,15-,16+/m0/s1. The molecule has 1 fully saturated rings. The maximum Gasteiger partial charge on any atom is 0.251 e. The molecule has 0 unspecified atom stereocenters. The Hall–Kier alpha value is -2.43. The van der Waals surface area contributed by atoms with E-state index in [0.29, 0.717) is 5.56 Å². The summed E-state index contributed by atoms with van der Waals surface area (Å²) in [6.45, 7) is 4.03. The molecule has 3 amide bonds. The van der Waals surface area contributed by atoms with Crippen molar-refractivity contribution in [2.24, 2.45) is 17.8 Å². The van der Waals surface area contributed by atoms with Gasteiger partial charge in [-0.25, -0.2) is 0 Å². The molecule has 0 bridgehead atoms. The zero-order valence-corrected chi connectivity index (χ0v) is 13.9. The van der Waals surface area contributed by atoms with E-state index in [1.807, 2.05) is 19.9 Å². The van der Waals surface area contributed by atoms with E-state index in [9.17, 15) is 14.4 Å². The van der Waals surface area contributed by atoms with Gasteiger partial charge in [0.2, 0.25) is 11.8 Å². The molecule has 1 heterocycles. The van der Waals surface area contributed by atoms with Crippen molar-refractivity contribution in [3.63, 3.8) is 0 Å². The fourth-order valence-corrected chi connectivity index (χ4v) is 3.85. The van der Waals surface area contributed by atoms with Crippen LogP contribution < -0.4 is 10.6 Å². The predicted molar refractivity (Wildman–Crippen MR) is 90.0 cm³/mol. The fraction of sp³-hybridized carbons (Fsp3) is 0.421. The molecule has 1 aromatic carbocycles. The topological polar surface area (TPSA) is 75.3 Å². The summed E-state index contributed by atoms with van der Waals surface area (Å²) < 4.78 is 0. The van der Waals surface area contributed by atoms with E-state index in [4.69, 9.17) is 0 Å². The van der Waals surface area contributed by atoms with Crippen molar-refractivity contribution in [1.29, 1.82) is 0 Å². The molecule has 1 aliphatic heterocycles. The second-order valence-electron chi connectivity index (χ2n) is 6.39. The highest BCUT2D eigenvalue weighted by atomic mass is 16.2. The van der Waals surface area contributed by atoms with Crippen LogP contribution in [-0.2, 0) is 9.59 Å². The average Bonchev–Trinajstić information content (AvgIpc) is 2.90. The molecule has 2 N–H and O–H groups in total. The maximum absolute atomic E-state index is 12.5. The Balaban J connectivity index is 1.93. The molecule has 0 aromatic heterocycles. The van der Waals surface area contributed by atoms with Gasteiger partial charge in [-0.15, -0.1) is 0 Å². The number of benzene rings is 1. The zero-order valence-electron chi connectivity index (χ0n) is 13.9. The molecule has 2 aliphatic rings. The van der Waals surface area contributed by atoms with Gasteiger partial charge in [-0.05, 0) is 30.9 Å². The van der Waals surface area contributed by atoms with E-state index in [0.717, 1.165) is 18.4 Å². The van der Waals surface area contributed by atoms with Gasteiger partial charge in [0, 0.05) is 5.56 Å². The quantitative estimate of drug-likeness (QED) is 0.657. The Morgan fingerprint density at radius 3 is 2.38 bits per heavy atom. The van der Waals surface area contributed by atoms with Gasteiger partial charge in [0.1, 0.15) is 0 Å². The van der Waals surface area contributed by atoms with Gasteiger partial charge in [0.05, 0.1) is 17.9 Å². The van der Waals surface area contributed by atoms with Crippen molar-refractivity contribution >= 4 is 17.7 Å².